The first kappa shape index (κ1) is 23.1. The maximum absolute atomic E-state index is 13.0. The highest BCUT2D eigenvalue weighted by Crippen LogP contribution is 2.46. The number of nitrogens with zero attached hydrogens (tertiary/aromatic N) is 4. The highest BCUT2D eigenvalue weighted by molar-refractivity contribution is 5.94. The molecule has 0 atom stereocenters. The summed E-state index contributed by atoms with van der Waals surface area (Å²) in [5.41, 5.74) is 6.98. The molecular formula is C22H29F2N7O2. The van der Waals surface area contributed by atoms with Gasteiger partial charge in [-0.15, -0.1) is 0 Å². The molecule has 2 aromatic rings. The molecule has 33 heavy (non-hydrogen) atoms. The fourth-order valence-corrected chi connectivity index (χ4v) is 3.87. The van der Waals surface area contributed by atoms with Crippen LogP contribution in [0.25, 0.3) is 0 Å². The van der Waals surface area contributed by atoms with E-state index in [0.717, 1.165) is 39.4 Å². The van der Waals surface area contributed by atoms with Crippen LogP contribution in [0.5, 0.6) is 6.01 Å². The van der Waals surface area contributed by atoms with E-state index in [1.54, 1.807) is 24.3 Å². The molecule has 1 aliphatic heterocycles. The Balaban J connectivity index is 1.31. The van der Waals surface area contributed by atoms with E-state index in [1.165, 1.54) is 12.8 Å². The summed E-state index contributed by atoms with van der Waals surface area (Å²) in [7, 11) is 0. The van der Waals surface area contributed by atoms with Crippen LogP contribution in [-0.2, 0) is 0 Å². The van der Waals surface area contributed by atoms with Gasteiger partial charge in [0.1, 0.15) is 0 Å². The Morgan fingerprint density at radius 2 is 1.88 bits per heavy atom. The Hall–Kier alpha value is -3.08. The third kappa shape index (κ3) is 6.70. The molecule has 4 rings (SSSR count). The van der Waals surface area contributed by atoms with Crippen molar-refractivity contribution >= 4 is 23.5 Å². The topological polar surface area (TPSA) is 118 Å². The minimum atomic E-state index is -3.03. The average Bonchev–Trinajstić information content (AvgIpc) is 3.33. The molecule has 1 amide bonds. The maximum atomic E-state index is 13.0. The number of nitrogens with one attached hydrogen (secondary N) is 2. The first-order valence-corrected chi connectivity index (χ1v) is 11.1. The SMILES string of the molecule is CC(F)(F)COc1nc(N)nc(Nc2ccc(C(=O)NCC3(CN4CCCC4)CC3)cc2)n1. The number of ether oxygens (including phenoxy) is 1. The van der Waals surface area contributed by atoms with Gasteiger partial charge in [-0.05, 0) is 63.0 Å². The molecule has 0 spiro atoms. The number of nitrogens with two attached hydrogens (primary N) is 1. The number of carbonyl (C=O) groups is 1. The zero-order valence-electron chi connectivity index (χ0n) is 18.6. The van der Waals surface area contributed by atoms with Crippen molar-refractivity contribution in [1.29, 1.82) is 0 Å². The maximum Gasteiger partial charge on any atom is 0.323 e. The zero-order chi connectivity index (χ0) is 23.5. The van der Waals surface area contributed by atoms with E-state index >= 15 is 0 Å². The summed E-state index contributed by atoms with van der Waals surface area (Å²) in [6.07, 6.45) is 4.85. The van der Waals surface area contributed by atoms with Crippen molar-refractivity contribution in [1.82, 2.24) is 25.2 Å². The van der Waals surface area contributed by atoms with E-state index in [-0.39, 0.29) is 29.2 Å². The van der Waals surface area contributed by atoms with Crippen molar-refractivity contribution in [3.8, 4) is 6.01 Å². The number of rotatable bonds is 10. The molecule has 9 nitrogen and oxygen atoms in total. The van der Waals surface area contributed by atoms with E-state index in [2.05, 4.69) is 30.5 Å². The molecular weight excluding hydrogens is 432 g/mol. The minimum Gasteiger partial charge on any atom is -0.457 e. The van der Waals surface area contributed by atoms with E-state index in [4.69, 9.17) is 10.5 Å². The number of anilines is 3. The number of hydrogen-bond acceptors (Lipinski definition) is 8. The van der Waals surface area contributed by atoms with E-state index < -0.39 is 12.5 Å². The van der Waals surface area contributed by atoms with Gasteiger partial charge in [-0.25, -0.2) is 8.78 Å². The van der Waals surface area contributed by atoms with Crippen molar-refractivity contribution in [2.75, 3.05) is 43.8 Å². The van der Waals surface area contributed by atoms with Crippen molar-refractivity contribution in [3.05, 3.63) is 29.8 Å². The molecule has 0 unspecified atom stereocenters. The lowest BCUT2D eigenvalue weighted by atomic mass is 10.1. The number of nitrogen functional groups attached to an aromatic ring is 1. The average molecular weight is 462 g/mol. The fourth-order valence-electron chi connectivity index (χ4n) is 3.87. The van der Waals surface area contributed by atoms with Gasteiger partial charge < -0.3 is 26.0 Å². The largest absolute Gasteiger partial charge is 0.457 e. The number of likely N-dealkylation sites (tertiary alicyclic amines) is 1. The van der Waals surface area contributed by atoms with Gasteiger partial charge in [-0.1, -0.05) is 0 Å². The lowest BCUT2D eigenvalue weighted by Crippen LogP contribution is -2.37. The fraction of sp³-hybridized carbons (Fsp3) is 0.545. The number of aromatic nitrogens is 3. The Labute approximate surface area is 191 Å². The molecule has 2 fully saturated rings. The Morgan fingerprint density at radius 3 is 2.52 bits per heavy atom. The van der Waals surface area contributed by atoms with Gasteiger partial charge in [-0.2, -0.15) is 15.0 Å². The van der Waals surface area contributed by atoms with Crippen molar-refractivity contribution in [2.24, 2.45) is 5.41 Å². The molecule has 0 radical (unpaired) electrons. The molecule has 4 N–H and O–H groups in total. The third-order valence-electron chi connectivity index (χ3n) is 5.83. The molecule has 1 aromatic heterocycles. The predicted molar refractivity (Wildman–Crippen MR) is 120 cm³/mol. The molecule has 1 saturated heterocycles. The van der Waals surface area contributed by atoms with Gasteiger partial charge in [0.05, 0.1) is 0 Å². The van der Waals surface area contributed by atoms with Crippen LogP contribution in [0.4, 0.5) is 26.4 Å². The van der Waals surface area contributed by atoms with Gasteiger partial charge in [0.2, 0.25) is 11.9 Å². The number of alkyl halides is 2. The van der Waals surface area contributed by atoms with E-state index in [9.17, 15) is 13.6 Å². The monoisotopic (exact) mass is 461 g/mol. The van der Waals surface area contributed by atoms with E-state index in [1.807, 2.05) is 0 Å². The normalized spacial score (nSPS) is 17.5. The Morgan fingerprint density at radius 1 is 1.18 bits per heavy atom. The number of benzene rings is 1. The standard InChI is InChI=1S/C22H29F2N7O2/c1-21(23,24)14-33-20-29-18(25)28-19(30-20)27-16-6-4-15(5-7-16)17(32)26-12-22(8-9-22)13-31-10-2-3-11-31/h4-7H,2-3,8-14H2,1H3,(H,26,32)(H3,25,27,28,29,30). The summed E-state index contributed by atoms with van der Waals surface area (Å²) >= 11 is 0. The van der Waals surface area contributed by atoms with E-state index in [0.29, 0.717) is 17.8 Å². The molecule has 178 valence electrons. The van der Waals surface area contributed by atoms with Crippen LogP contribution in [0.2, 0.25) is 0 Å². The number of carbonyl (C=O) groups excluding carboxylic acids is 1. The van der Waals surface area contributed by atoms with Gasteiger partial charge >= 0.3 is 6.01 Å². The summed E-state index contributed by atoms with van der Waals surface area (Å²) in [4.78, 5) is 26.7. The minimum absolute atomic E-state index is 0.0479. The van der Waals surface area contributed by atoms with Crippen LogP contribution in [-0.4, -0.2) is 64.5 Å². The highest BCUT2D eigenvalue weighted by Gasteiger charge is 2.44. The molecule has 0 bridgehead atoms. The van der Waals surface area contributed by atoms with Crippen LogP contribution in [0.1, 0.15) is 43.0 Å². The van der Waals surface area contributed by atoms with Crippen LogP contribution < -0.4 is 21.1 Å². The first-order valence-electron chi connectivity index (χ1n) is 11.1. The smallest absolute Gasteiger partial charge is 0.323 e. The summed E-state index contributed by atoms with van der Waals surface area (Å²) in [6.45, 7) is 3.93. The molecule has 1 saturated carbocycles. The van der Waals surface area contributed by atoms with Crippen molar-refractivity contribution in [3.63, 3.8) is 0 Å². The van der Waals surface area contributed by atoms with Crippen LogP contribution >= 0.6 is 0 Å². The number of amides is 1. The Kier molecular flexibility index (Phi) is 6.59. The van der Waals surface area contributed by atoms with Crippen LogP contribution in [0.3, 0.4) is 0 Å². The summed E-state index contributed by atoms with van der Waals surface area (Å²) in [5.74, 6) is -3.26. The predicted octanol–water partition coefficient (Wildman–Crippen LogP) is 2.84. The third-order valence-corrected chi connectivity index (χ3v) is 5.83. The second-order valence-corrected chi connectivity index (χ2v) is 9.03. The molecule has 2 aliphatic rings. The molecule has 2 heterocycles. The van der Waals surface area contributed by atoms with Gasteiger partial charge in [-0.3, -0.25) is 4.79 Å². The summed E-state index contributed by atoms with van der Waals surface area (Å²) in [5, 5.41) is 5.98. The van der Waals surface area contributed by atoms with Crippen molar-refractivity contribution in [2.45, 2.75) is 38.5 Å². The molecule has 1 aromatic carbocycles. The first-order chi connectivity index (χ1) is 15.7. The number of halogens is 2. The zero-order valence-corrected chi connectivity index (χ0v) is 18.6. The van der Waals surface area contributed by atoms with Gasteiger partial charge in [0.25, 0.3) is 11.8 Å². The Bertz CT molecular complexity index is 972. The lowest BCUT2D eigenvalue weighted by Gasteiger charge is -2.23. The second-order valence-electron chi connectivity index (χ2n) is 9.03. The van der Waals surface area contributed by atoms with Gasteiger partial charge in [0, 0.05) is 36.7 Å². The van der Waals surface area contributed by atoms with Crippen LogP contribution in [0.15, 0.2) is 24.3 Å². The van der Waals surface area contributed by atoms with Gasteiger partial charge in [0.15, 0.2) is 6.61 Å². The summed E-state index contributed by atoms with van der Waals surface area (Å²) in [6, 6.07) is 6.49. The lowest BCUT2D eigenvalue weighted by molar-refractivity contribution is -0.0256. The highest BCUT2D eigenvalue weighted by atomic mass is 19.3. The van der Waals surface area contributed by atoms with Crippen LogP contribution in [0, 0.1) is 5.41 Å². The second kappa shape index (κ2) is 9.42. The number of hydrogen-bond donors (Lipinski definition) is 3. The summed E-state index contributed by atoms with van der Waals surface area (Å²) < 4.78 is 30.9. The van der Waals surface area contributed by atoms with Crippen molar-refractivity contribution < 1.29 is 18.3 Å². The quantitative estimate of drug-likeness (QED) is 0.494. The molecule has 11 heteroatoms. The molecule has 1 aliphatic carbocycles.